The minimum atomic E-state index is -3.87. The number of nitrogens with zero attached hydrogens (tertiary/aromatic N) is 2. The van der Waals surface area contributed by atoms with Crippen molar-refractivity contribution in [2.24, 2.45) is 5.73 Å². The SMILES string of the molecule is COc1ccc(C(c2ccc(OC)cc2)N2CC(N(c3cc(F)cc(C(=O)NC(C)C(N)=O)c3)S(C)(=O)=O)C2)cc1. The number of methoxy groups -OCH3 is 2. The number of ether oxygens (including phenoxy) is 2. The highest BCUT2D eigenvalue weighted by Gasteiger charge is 2.41. The molecule has 0 aliphatic carbocycles. The lowest BCUT2D eigenvalue weighted by Gasteiger charge is -2.48. The summed E-state index contributed by atoms with van der Waals surface area (Å²) in [5, 5.41) is 2.39. The maximum absolute atomic E-state index is 14.7. The van der Waals surface area contributed by atoms with Gasteiger partial charge in [0.15, 0.2) is 0 Å². The van der Waals surface area contributed by atoms with Crippen molar-refractivity contribution in [2.45, 2.75) is 25.0 Å². The van der Waals surface area contributed by atoms with Crippen LogP contribution in [0.5, 0.6) is 11.5 Å². The summed E-state index contributed by atoms with van der Waals surface area (Å²) in [6.45, 7) is 2.08. The van der Waals surface area contributed by atoms with Crippen LogP contribution >= 0.6 is 0 Å². The highest BCUT2D eigenvalue weighted by atomic mass is 32.2. The largest absolute Gasteiger partial charge is 0.497 e. The predicted octanol–water partition coefficient (Wildman–Crippen LogP) is 2.69. The molecule has 1 fully saturated rings. The minimum Gasteiger partial charge on any atom is -0.497 e. The lowest BCUT2D eigenvalue weighted by Crippen LogP contribution is -2.61. The van der Waals surface area contributed by atoms with Crippen LogP contribution in [0.2, 0.25) is 0 Å². The van der Waals surface area contributed by atoms with Crippen LogP contribution in [-0.4, -0.2) is 70.8 Å². The normalized spacial score (nSPS) is 14.7. The second-order valence-electron chi connectivity index (χ2n) is 9.91. The number of sulfonamides is 1. The minimum absolute atomic E-state index is 0.0134. The molecule has 3 aromatic carbocycles. The molecule has 12 heteroatoms. The van der Waals surface area contributed by atoms with E-state index in [0.717, 1.165) is 33.8 Å². The third kappa shape index (κ3) is 6.77. The van der Waals surface area contributed by atoms with Crippen molar-refractivity contribution in [3.63, 3.8) is 0 Å². The zero-order valence-corrected chi connectivity index (χ0v) is 24.0. The second-order valence-corrected chi connectivity index (χ2v) is 11.8. The maximum Gasteiger partial charge on any atom is 0.252 e. The van der Waals surface area contributed by atoms with Crippen molar-refractivity contribution in [2.75, 3.05) is 37.9 Å². The van der Waals surface area contributed by atoms with Gasteiger partial charge in [0.05, 0.1) is 38.2 Å². The Kier molecular flexibility index (Phi) is 8.83. The first-order chi connectivity index (χ1) is 19.4. The Labute approximate surface area is 238 Å². The van der Waals surface area contributed by atoms with Gasteiger partial charge in [0.1, 0.15) is 23.4 Å². The average Bonchev–Trinajstić information content (AvgIpc) is 2.91. The molecule has 1 saturated heterocycles. The number of amides is 2. The Morgan fingerprint density at radius 1 is 0.976 bits per heavy atom. The first kappa shape index (κ1) is 29.8. The van der Waals surface area contributed by atoms with Gasteiger partial charge in [-0.2, -0.15) is 0 Å². The molecule has 1 aliphatic rings. The molecule has 0 radical (unpaired) electrons. The summed E-state index contributed by atoms with van der Waals surface area (Å²) in [4.78, 5) is 26.1. The lowest BCUT2D eigenvalue weighted by molar-refractivity contribution is -0.119. The zero-order valence-electron chi connectivity index (χ0n) is 23.2. The van der Waals surface area contributed by atoms with Gasteiger partial charge in [-0.25, -0.2) is 12.8 Å². The van der Waals surface area contributed by atoms with Crippen LogP contribution in [0.1, 0.15) is 34.5 Å². The van der Waals surface area contributed by atoms with E-state index in [1.54, 1.807) is 14.2 Å². The van der Waals surface area contributed by atoms with Crippen molar-refractivity contribution < 1.29 is 31.9 Å². The summed E-state index contributed by atoms with van der Waals surface area (Å²) in [6, 6.07) is 16.9. The van der Waals surface area contributed by atoms with Gasteiger partial charge in [-0.1, -0.05) is 24.3 Å². The number of carbonyl (C=O) groups is 2. The van der Waals surface area contributed by atoms with E-state index in [0.29, 0.717) is 24.6 Å². The summed E-state index contributed by atoms with van der Waals surface area (Å²) >= 11 is 0. The summed E-state index contributed by atoms with van der Waals surface area (Å²) in [6.07, 6.45) is 1.04. The highest BCUT2D eigenvalue weighted by molar-refractivity contribution is 7.92. The van der Waals surface area contributed by atoms with Gasteiger partial charge in [0.2, 0.25) is 15.9 Å². The van der Waals surface area contributed by atoms with Crippen LogP contribution < -0.4 is 24.8 Å². The Morgan fingerprint density at radius 3 is 1.93 bits per heavy atom. The van der Waals surface area contributed by atoms with Crippen molar-refractivity contribution in [3.05, 3.63) is 89.2 Å². The van der Waals surface area contributed by atoms with E-state index < -0.39 is 39.7 Å². The lowest BCUT2D eigenvalue weighted by atomic mass is 9.92. The van der Waals surface area contributed by atoms with Gasteiger partial charge in [-0.15, -0.1) is 0 Å². The summed E-state index contributed by atoms with van der Waals surface area (Å²) < 4.78 is 52.4. The third-order valence-electron chi connectivity index (χ3n) is 6.98. The summed E-state index contributed by atoms with van der Waals surface area (Å²) in [5.41, 5.74) is 7.05. The van der Waals surface area contributed by atoms with Gasteiger partial charge in [-0.05, 0) is 60.5 Å². The smallest absolute Gasteiger partial charge is 0.252 e. The van der Waals surface area contributed by atoms with Crippen LogP contribution in [0.15, 0.2) is 66.7 Å². The number of primary amides is 1. The molecule has 0 bridgehead atoms. The van der Waals surface area contributed by atoms with Gasteiger partial charge in [0.25, 0.3) is 5.91 Å². The Balaban J connectivity index is 1.63. The van der Waals surface area contributed by atoms with E-state index >= 15 is 0 Å². The quantitative estimate of drug-likeness (QED) is 0.354. The summed E-state index contributed by atoms with van der Waals surface area (Å²) in [5.74, 6) is -0.879. The van der Waals surface area contributed by atoms with Crippen LogP contribution in [-0.2, 0) is 14.8 Å². The molecule has 3 aromatic rings. The number of benzene rings is 3. The number of rotatable bonds is 11. The van der Waals surface area contributed by atoms with E-state index in [1.807, 2.05) is 48.5 Å². The van der Waals surface area contributed by atoms with Gasteiger partial charge in [-0.3, -0.25) is 18.8 Å². The number of carbonyl (C=O) groups excluding carboxylic acids is 2. The maximum atomic E-state index is 14.7. The number of hydrogen-bond donors (Lipinski definition) is 2. The topological polar surface area (TPSA) is 131 Å². The molecule has 0 aromatic heterocycles. The Morgan fingerprint density at radius 2 is 1.49 bits per heavy atom. The molecule has 10 nitrogen and oxygen atoms in total. The molecule has 3 N–H and O–H groups in total. The van der Waals surface area contributed by atoms with Gasteiger partial charge in [0, 0.05) is 18.7 Å². The van der Waals surface area contributed by atoms with E-state index in [-0.39, 0.29) is 17.3 Å². The molecule has 1 atom stereocenters. The van der Waals surface area contributed by atoms with E-state index in [4.69, 9.17) is 15.2 Å². The molecule has 1 heterocycles. The number of anilines is 1. The zero-order chi connectivity index (χ0) is 29.9. The van der Waals surface area contributed by atoms with Crippen LogP contribution in [0.4, 0.5) is 10.1 Å². The van der Waals surface area contributed by atoms with Gasteiger partial charge >= 0.3 is 0 Å². The molecule has 218 valence electrons. The third-order valence-corrected chi connectivity index (χ3v) is 8.20. The molecule has 1 unspecified atom stereocenters. The second kappa shape index (κ2) is 12.1. The molecule has 2 amide bonds. The number of nitrogens with two attached hydrogens (primary N) is 1. The van der Waals surface area contributed by atoms with E-state index in [9.17, 15) is 22.4 Å². The number of hydrogen-bond acceptors (Lipinski definition) is 7. The molecular formula is C29H33FN4O6S. The fourth-order valence-corrected chi connectivity index (χ4v) is 6.05. The molecule has 4 rings (SSSR count). The van der Waals surface area contributed by atoms with E-state index in [1.165, 1.54) is 13.0 Å². The Bertz CT molecular complexity index is 1460. The fourth-order valence-electron chi connectivity index (χ4n) is 4.89. The highest BCUT2D eigenvalue weighted by Crippen LogP contribution is 2.37. The van der Waals surface area contributed by atoms with E-state index in [2.05, 4.69) is 10.2 Å². The van der Waals surface area contributed by atoms with Crippen LogP contribution in [0.3, 0.4) is 0 Å². The van der Waals surface area contributed by atoms with Gasteiger partial charge < -0.3 is 20.5 Å². The number of nitrogens with one attached hydrogen (secondary N) is 1. The summed E-state index contributed by atoms with van der Waals surface area (Å²) in [7, 11) is -0.683. The fraction of sp³-hybridized carbons (Fsp3) is 0.310. The number of likely N-dealkylation sites (tertiary alicyclic amines) is 1. The molecule has 0 spiro atoms. The molecule has 1 aliphatic heterocycles. The van der Waals surface area contributed by atoms with Crippen molar-refractivity contribution in [1.29, 1.82) is 0 Å². The van der Waals surface area contributed by atoms with Crippen LogP contribution in [0, 0.1) is 5.82 Å². The molecular weight excluding hydrogens is 551 g/mol. The standard InChI is InChI=1S/C29H33FN4O6S/c1-18(28(31)35)32-29(36)21-13-22(30)15-23(14-21)34(41(4,37)38)24-16-33(17-24)27(19-5-9-25(39-2)10-6-19)20-7-11-26(40-3)12-8-20/h5-15,18,24,27H,16-17H2,1-4H3,(H2,31,35)(H,32,36). The van der Waals surface area contributed by atoms with Crippen molar-refractivity contribution in [3.8, 4) is 11.5 Å². The monoisotopic (exact) mass is 584 g/mol. The first-order valence-electron chi connectivity index (χ1n) is 12.8. The number of halogens is 1. The Hall–Kier alpha value is -4.16. The van der Waals surface area contributed by atoms with Crippen LogP contribution in [0.25, 0.3) is 0 Å². The molecule has 41 heavy (non-hydrogen) atoms. The van der Waals surface area contributed by atoms with Crippen molar-refractivity contribution in [1.82, 2.24) is 10.2 Å². The predicted molar refractivity (Wildman–Crippen MR) is 153 cm³/mol. The first-order valence-corrected chi connectivity index (χ1v) is 14.7. The molecule has 0 saturated carbocycles. The van der Waals surface area contributed by atoms with Crippen molar-refractivity contribution >= 4 is 27.5 Å². The average molecular weight is 585 g/mol.